The molecule has 0 saturated heterocycles. The maximum atomic E-state index is 12.2. The third kappa shape index (κ3) is 2.24. The van der Waals surface area contributed by atoms with Crippen LogP contribution in [0, 0.1) is 6.92 Å². The third-order valence-corrected chi connectivity index (χ3v) is 4.80. The normalized spacial score (nSPS) is 20.1. The van der Waals surface area contributed by atoms with Crippen molar-refractivity contribution in [1.29, 1.82) is 0 Å². The highest BCUT2D eigenvalue weighted by Gasteiger charge is 2.33. The molecule has 17 heavy (non-hydrogen) atoms. The Morgan fingerprint density at radius 3 is 2.47 bits per heavy atom. The van der Waals surface area contributed by atoms with E-state index in [2.05, 4.69) is 5.32 Å². The molecule has 1 amide bonds. The van der Waals surface area contributed by atoms with Crippen LogP contribution in [0.1, 0.15) is 12.0 Å². The lowest BCUT2D eigenvalue weighted by Crippen LogP contribution is -2.39. The fourth-order valence-electron chi connectivity index (χ4n) is 1.69. The minimum Gasteiger partial charge on any atom is -0.332 e. The second kappa shape index (κ2) is 4.33. The highest BCUT2D eigenvalue weighted by atomic mass is 32.2. The van der Waals surface area contributed by atoms with Gasteiger partial charge in [-0.3, -0.25) is 4.79 Å². The summed E-state index contributed by atoms with van der Waals surface area (Å²) in [7, 11) is -3.59. The SMILES string of the molecule is Cc1ccc(S(=O)(=O)C2CC=CNC2=O)cc1. The van der Waals surface area contributed by atoms with Crippen molar-refractivity contribution in [2.75, 3.05) is 0 Å². The van der Waals surface area contributed by atoms with Gasteiger partial charge in [-0.05, 0) is 31.7 Å². The van der Waals surface area contributed by atoms with Gasteiger partial charge in [0.25, 0.3) is 0 Å². The van der Waals surface area contributed by atoms with Crippen molar-refractivity contribution in [2.45, 2.75) is 23.5 Å². The molecule has 5 heteroatoms. The molecule has 1 unspecified atom stereocenters. The number of carbonyl (C=O) groups excluding carboxylic acids is 1. The Bertz CT molecular complexity index is 558. The first-order chi connectivity index (χ1) is 8.01. The van der Waals surface area contributed by atoms with E-state index in [0.717, 1.165) is 5.56 Å². The minimum atomic E-state index is -3.59. The molecule has 0 aliphatic carbocycles. The van der Waals surface area contributed by atoms with Gasteiger partial charge in [-0.15, -0.1) is 0 Å². The number of aryl methyl sites for hydroxylation is 1. The van der Waals surface area contributed by atoms with Gasteiger partial charge in [0, 0.05) is 0 Å². The topological polar surface area (TPSA) is 63.2 Å². The minimum absolute atomic E-state index is 0.193. The molecule has 0 radical (unpaired) electrons. The summed E-state index contributed by atoms with van der Waals surface area (Å²) in [6.45, 7) is 1.88. The fourth-order valence-corrected chi connectivity index (χ4v) is 3.25. The molecule has 0 spiro atoms. The number of rotatable bonds is 2. The summed E-state index contributed by atoms with van der Waals surface area (Å²) in [5, 5.41) is 1.40. The van der Waals surface area contributed by atoms with Crippen molar-refractivity contribution < 1.29 is 13.2 Å². The second-order valence-electron chi connectivity index (χ2n) is 3.99. The molecular weight excluding hydrogens is 238 g/mol. The summed E-state index contributed by atoms with van der Waals surface area (Å²) in [6, 6.07) is 6.53. The van der Waals surface area contributed by atoms with Gasteiger partial charge in [-0.2, -0.15) is 0 Å². The largest absolute Gasteiger partial charge is 0.332 e. The smallest absolute Gasteiger partial charge is 0.242 e. The lowest BCUT2D eigenvalue weighted by molar-refractivity contribution is -0.120. The van der Waals surface area contributed by atoms with Crippen molar-refractivity contribution in [2.24, 2.45) is 0 Å². The summed E-state index contributed by atoms with van der Waals surface area (Å²) < 4.78 is 24.4. The summed E-state index contributed by atoms with van der Waals surface area (Å²) >= 11 is 0. The fraction of sp³-hybridized carbons (Fsp3) is 0.250. The van der Waals surface area contributed by atoms with Crippen molar-refractivity contribution in [3.63, 3.8) is 0 Å². The van der Waals surface area contributed by atoms with E-state index in [1.165, 1.54) is 18.3 Å². The van der Waals surface area contributed by atoms with Crippen LogP contribution in [0.25, 0.3) is 0 Å². The Morgan fingerprint density at radius 2 is 1.88 bits per heavy atom. The van der Waals surface area contributed by atoms with Crippen LogP contribution in [0.3, 0.4) is 0 Å². The number of benzene rings is 1. The molecule has 1 heterocycles. The second-order valence-corrected chi connectivity index (χ2v) is 6.12. The Balaban J connectivity index is 2.39. The number of nitrogens with one attached hydrogen (secondary N) is 1. The van der Waals surface area contributed by atoms with Crippen LogP contribution in [0.5, 0.6) is 0 Å². The van der Waals surface area contributed by atoms with Crippen molar-refractivity contribution in [1.82, 2.24) is 5.32 Å². The van der Waals surface area contributed by atoms with Gasteiger partial charge in [0.15, 0.2) is 9.84 Å². The van der Waals surface area contributed by atoms with Crippen LogP contribution >= 0.6 is 0 Å². The number of hydrogen-bond acceptors (Lipinski definition) is 3. The Kier molecular flexibility index (Phi) is 3.02. The Labute approximate surface area is 100 Å². The van der Waals surface area contributed by atoms with E-state index in [0.29, 0.717) is 0 Å². The molecule has 0 fully saturated rings. The third-order valence-electron chi connectivity index (χ3n) is 2.71. The van der Waals surface area contributed by atoms with E-state index in [4.69, 9.17) is 0 Å². The lowest BCUT2D eigenvalue weighted by Gasteiger charge is -2.18. The molecule has 0 aromatic heterocycles. The predicted octanol–water partition coefficient (Wildman–Crippen LogP) is 1.17. The molecule has 1 atom stereocenters. The van der Waals surface area contributed by atoms with Crippen molar-refractivity contribution in [3.8, 4) is 0 Å². The summed E-state index contributed by atoms with van der Waals surface area (Å²) in [5.74, 6) is -0.465. The Morgan fingerprint density at radius 1 is 1.24 bits per heavy atom. The van der Waals surface area contributed by atoms with Crippen LogP contribution < -0.4 is 5.32 Å². The highest BCUT2D eigenvalue weighted by molar-refractivity contribution is 7.92. The molecular formula is C12H13NO3S. The van der Waals surface area contributed by atoms with Crippen LogP contribution in [0.2, 0.25) is 0 Å². The van der Waals surface area contributed by atoms with E-state index in [1.807, 2.05) is 6.92 Å². The summed E-state index contributed by atoms with van der Waals surface area (Å²) in [6.07, 6.45) is 3.35. The zero-order chi connectivity index (χ0) is 12.5. The van der Waals surface area contributed by atoms with Gasteiger partial charge in [-0.1, -0.05) is 23.8 Å². The molecule has 4 nitrogen and oxygen atoms in total. The number of amides is 1. The van der Waals surface area contributed by atoms with Crippen LogP contribution in [0.4, 0.5) is 0 Å². The molecule has 1 aliphatic rings. The van der Waals surface area contributed by atoms with Crippen LogP contribution in [-0.4, -0.2) is 19.6 Å². The molecule has 2 rings (SSSR count). The van der Waals surface area contributed by atoms with Crippen LogP contribution in [-0.2, 0) is 14.6 Å². The molecule has 1 aromatic carbocycles. The van der Waals surface area contributed by atoms with Crippen molar-refractivity contribution in [3.05, 3.63) is 42.1 Å². The quantitative estimate of drug-likeness (QED) is 0.858. The molecule has 1 aliphatic heterocycles. The zero-order valence-corrected chi connectivity index (χ0v) is 10.2. The molecule has 0 bridgehead atoms. The van der Waals surface area contributed by atoms with Gasteiger partial charge in [0.2, 0.25) is 5.91 Å². The van der Waals surface area contributed by atoms with E-state index in [9.17, 15) is 13.2 Å². The summed E-state index contributed by atoms with van der Waals surface area (Å²) in [5.41, 5.74) is 0.983. The highest BCUT2D eigenvalue weighted by Crippen LogP contribution is 2.20. The van der Waals surface area contributed by atoms with Gasteiger partial charge >= 0.3 is 0 Å². The van der Waals surface area contributed by atoms with Crippen LogP contribution in [0.15, 0.2) is 41.4 Å². The van der Waals surface area contributed by atoms with Gasteiger partial charge in [-0.25, -0.2) is 8.42 Å². The number of hydrogen-bond donors (Lipinski definition) is 1. The van der Waals surface area contributed by atoms with E-state index in [-0.39, 0.29) is 11.3 Å². The molecule has 1 N–H and O–H groups in total. The predicted molar refractivity (Wildman–Crippen MR) is 64.1 cm³/mol. The maximum absolute atomic E-state index is 12.2. The Hall–Kier alpha value is -1.62. The average molecular weight is 251 g/mol. The lowest BCUT2D eigenvalue weighted by atomic mass is 10.2. The van der Waals surface area contributed by atoms with Gasteiger partial charge < -0.3 is 5.32 Å². The molecule has 1 aromatic rings. The number of sulfone groups is 1. The van der Waals surface area contributed by atoms with E-state index in [1.54, 1.807) is 18.2 Å². The van der Waals surface area contributed by atoms with E-state index < -0.39 is 21.0 Å². The van der Waals surface area contributed by atoms with Gasteiger partial charge in [0.05, 0.1) is 4.90 Å². The standard InChI is InChI=1S/C12H13NO3S/c1-9-4-6-10(7-5-9)17(15,16)11-3-2-8-13-12(11)14/h2,4-8,11H,3H2,1H3,(H,13,14). The van der Waals surface area contributed by atoms with Gasteiger partial charge in [0.1, 0.15) is 5.25 Å². The average Bonchev–Trinajstić information content (AvgIpc) is 2.30. The number of allylic oxidation sites excluding steroid dienone is 1. The first kappa shape index (κ1) is 11.9. The first-order valence-corrected chi connectivity index (χ1v) is 6.82. The number of carbonyl (C=O) groups is 1. The monoisotopic (exact) mass is 251 g/mol. The van der Waals surface area contributed by atoms with E-state index >= 15 is 0 Å². The molecule has 90 valence electrons. The molecule has 0 saturated carbocycles. The zero-order valence-electron chi connectivity index (χ0n) is 9.38. The van der Waals surface area contributed by atoms with Crippen molar-refractivity contribution >= 4 is 15.7 Å². The first-order valence-electron chi connectivity index (χ1n) is 5.28. The maximum Gasteiger partial charge on any atom is 0.242 e. The summed E-state index contributed by atoms with van der Waals surface area (Å²) in [4.78, 5) is 11.7.